The zero-order valence-corrected chi connectivity index (χ0v) is 13.9. The largest absolute Gasteiger partial charge is 0.358 e. The fraction of sp³-hybridized carbons (Fsp3) is 0.857. The Hall–Kier alpha value is -1.10. The van der Waals surface area contributed by atoms with E-state index in [-0.39, 0.29) is 12.5 Å². The molecule has 0 saturated carbocycles. The third-order valence-electron chi connectivity index (χ3n) is 2.40. The zero-order valence-electron chi connectivity index (χ0n) is 13.9. The summed E-state index contributed by atoms with van der Waals surface area (Å²) in [6, 6.07) is 0.704. The molecular formula is C14H33N3O2. The molecule has 0 aliphatic rings. The predicted molar refractivity (Wildman–Crippen MR) is 82.1 cm³/mol. The van der Waals surface area contributed by atoms with Crippen molar-refractivity contribution in [2.75, 3.05) is 27.7 Å². The highest BCUT2D eigenvalue weighted by Gasteiger charge is 2.07. The molecule has 0 bridgehead atoms. The molecule has 1 atom stereocenters. The summed E-state index contributed by atoms with van der Waals surface area (Å²) in [5, 5.41) is 4.55. The molecule has 2 amide bonds. The maximum absolute atomic E-state index is 10.2. The summed E-state index contributed by atoms with van der Waals surface area (Å²) in [4.78, 5) is 22.0. The Morgan fingerprint density at radius 3 is 1.79 bits per heavy atom. The molecule has 0 aromatic rings. The molecule has 0 rings (SSSR count). The molecular weight excluding hydrogens is 242 g/mol. The molecule has 5 heteroatoms. The molecule has 0 aliphatic carbocycles. The van der Waals surface area contributed by atoms with Gasteiger partial charge in [-0.2, -0.15) is 0 Å². The normalized spacial score (nSPS) is 10.6. The first-order valence-electron chi connectivity index (χ1n) is 6.82. The number of nitrogens with zero attached hydrogens (tertiary/aromatic N) is 1. The molecule has 1 unspecified atom stereocenters. The van der Waals surface area contributed by atoms with E-state index < -0.39 is 0 Å². The SMILES string of the molecule is CC(C)C(C)N(C)C.CCC.CNC(=O)CNC=O. The Bertz CT molecular complexity index is 199. The van der Waals surface area contributed by atoms with Crippen LogP contribution in [0, 0.1) is 5.92 Å². The third kappa shape index (κ3) is 22.5. The lowest BCUT2D eigenvalue weighted by Crippen LogP contribution is -2.30. The molecule has 0 aromatic carbocycles. The minimum absolute atomic E-state index is 0.0556. The maximum atomic E-state index is 10.2. The lowest BCUT2D eigenvalue weighted by Gasteiger charge is -2.22. The van der Waals surface area contributed by atoms with Gasteiger partial charge in [0.05, 0.1) is 6.54 Å². The molecule has 0 fully saturated rings. The Kier molecular flexibility index (Phi) is 20.5. The average Bonchev–Trinajstić information content (AvgIpc) is 2.36. The highest BCUT2D eigenvalue weighted by molar-refractivity contribution is 5.79. The van der Waals surface area contributed by atoms with Gasteiger partial charge in [-0.1, -0.05) is 34.1 Å². The third-order valence-corrected chi connectivity index (χ3v) is 2.40. The molecule has 0 heterocycles. The lowest BCUT2D eigenvalue weighted by atomic mass is 10.1. The van der Waals surface area contributed by atoms with Gasteiger partial charge in [-0.05, 0) is 26.9 Å². The quantitative estimate of drug-likeness (QED) is 0.747. The van der Waals surface area contributed by atoms with Gasteiger partial charge < -0.3 is 15.5 Å². The number of carbonyl (C=O) groups excluding carboxylic acids is 2. The standard InChI is InChI=1S/C7H17N.C4H8N2O2.C3H8/c1-6(2)7(3)8(4)5;1-5-4(8)2-6-3-7;1-3-2/h6-7H,1-5H3;3H,2H2,1H3,(H,5,8)(H,6,7);3H2,1-2H3. The van der Waals surface area contributed by atoms with E-state index in [1.807, 2.05) is 0 Å². The molecule has 5 nitrogen and oxygen atoms in total. The first-order valence-corrected chi connectivity index (χ1v) is 6.82. The van der Waals surface area contributed by atoms with E-state index in [0.29, 0.717) is 12.5 Å². The molecule has 2 N–H and O–H groups in total. The molecule has 116 valence electrons. The van der Waals surface area contributed by atoms with E-state index in [1.54, 1.807) is 0 Å². The van der Waals surface area contributed by atoms with Gasteiger partial charge in [0, 0.05) is 13.1 Å². The number of carbonyl (C=O) groups is 2. The van der Waals surface area contributed by atoms with E-state index in [0.717, 1.165) is 5.92 Å². The Balaban J connectivity index is -0.000000224. The topological polar surface area (TPSA) is 61.4 Å². The van der Waals surface area contributed by atoms with Crippen molar-refractivity contribution in [2.24, 2.45) is 5.92 Å². The molecule has 0 radical (unpaired) electrons. The van der Waals surface area contributed by atoms with E-state index in [9.17, 15) is 9.59 Å². The molecule has 0 saturated heterocycles. The summed E-state index contributed by atoms with van der Waals surface area (Å²) in [7, 11) is 5.74. The van der Waals surface area contributed by atoms with Crippen LogP contribution >= 0.6 is 0 Å². The van der Waals surface area contributed by atoms with Crippen molar-refractivity contribution >= 4 is 12.3 Å². The van der Waals surface area contributed by atoms with Crippen LogP contribution in [-0.4, -0.2) is 50.9 Å². The van der Waals surface area contributed by atoms with Crippen molar-refractivity contribution < 1.29 is 9.59 Å². The lowest BCUT2D eigenvalue weighted by molar-refractivity contribution is -0.121. The van der Waals surface area contributed by atoms with Crippen molar-refractivity contribution in [1.82, 2.24) is 15.5 Å². The van der Waals surface area contributed by atoms with Gasteiger partial charge in [0.1, 0.15) is 0 Å². The fourth-order valence-electron chi connectivity index (χ4n) is 0.819. The zero-order chi connectivity index (χ0) is 15.8. The van der Waals surface area contributed by atoms with Gasteiger partial charge >= 0.3 is 0 Å². The van der Waals surface area contributed by atoms with Crippen LogP contribution in [-0.2, 0) is 9.59 Å². The summed E-state index contributed by atoms with van der Waals surface area (Å²) in [6.07, 6.45) is 1.73. The van der Waals surface area contributed by atoms with E-state index >= 15 is 0 Å². The first-order chi connectivity index (χ1) is 8.78. The Morgan fingerprint density at radius 2 is 1.63 bits per heavy atom. The van der Waals surface area contributed by atoms with Crippen LogP contribution < -0.4 is 10.6 Å². The van der Waals surface area contributed by atoms with Crippen LogP contribution in [0.5, 0.6) is 0 Å². The van der Waals surface area contributed by atoms with Gasteiger partial charge in [-0.25, -0.2) is 0 Å². The smallest absolute Gasteiger partial charge is 0.239 e. The monoisotopic (exact) mass is 275 g/mol. The van der Waals surface area contributed by atoms with Crippen molar-refractivity contribution in [3.05, 3.63) is 0 Å². The fourth-order valence-corrected chi connectivity index (χ4v) is 0.819. The van der Waals surface area contributed by atoms with Gasteiger partial charge in [0.25, 0.3) is 0 Å². The highest BCUT2D eigenvalue weighted by atomic mass is 16.2. The maximum Gasteiger partial charge on any atom is 0.239 e. The molecule has 0 aromatic heterocycles. The minimum Gasteiger partial charge on any atom is -0.358 e. The number of nitrogens with one attached hydrogen (secondary N) is 2. The van der Waals surface area contributed by atoms with E-state index in [1.165, 1.54) is 13.5 Å². The van der Waals surface area contributed by atoms with Gasteiger partial charge in [-0.3, -0.25) is 9.59 Å². The van der Waals surface area contributed by atoms with Crippen molar-refractivity contribution in [2.45, 2.75) is 47.1 Å². The second-order valence-electron chi connectivity index (χ2n) is 4.83. The van der Waals surface area contributed by atoms with Crippen LogP contribution in [0.25, 0.3) is 0 Å². The summed E-state index contributed by atoms with van der Waals surface area (Å²) in [6.45, 7) is 11.0. The van der Waals surface area contributed by atoms with Crippen molar-refractivity contribution in [3.63, 3.8) is 0 Å². The second kappa shape index (κ2) is 16.9. The summed E-state index contributed by atoms with van der Waals surface area (Å²) in [5.41, 5.74) is 0. The number of hydrogen-bond acceptors (Lipinski definition) is 3. The summed E-state index contributed by atoms with van der Waals surface area (Å²) < 4.78 is 0. The highest BCUT2D eigenvalue weighted by Crippen LogP contribution is 2.04. The number of likely N-dealkylation sites (N-methyl/N-ethyl adjacent to an activating group) is 1. The van der Waals surface area contributed by atoms with Crippen LogP contribution in [0.3, 0.4) is 0 Å². The van der Waals surface area contributed by atoms with E-state index in [4.69, 9.17) is 0 Å². The molecule has 0 spiro atoms. The molecule has 19 heavy (non-hydrogen) atoms. The summed E-state index contributed by atoms with van der Waals surface area (Å²) >= 11 is 0. The first kappa shape index (κ1) is 23.0. The van der Waals surface area contributed by atoms with Crippen LogP contribution in [0.4, 0.5) is 0 Å². The van der Waals surface area contributed by atoms with Crippen molar-refractivity contribution in [1.29, 1.82) is 0 Å². The van der Waals surface area contributed by atoms with Gasteiger partial charge in [-0.15, -0.1) is 0 Å². The summed E-state index contributed by atoms with van der Waals surface area (Å²) in [5.74, 6) is 0.571. The Labute approximate surface area is 119 Å². The number of hydrogen-bond donors (Lipinski definition) is 2. The van der Waals surface area contributed by atoms with Gasteiger partial charge in [0.15, 0.2) is 0 Å². The van der Waals surface area contributed by atoms with Crippen LogP contribution in [0.1, 0.15) is 41.0 Å². The number of rotatable bonds is 5. The van der Waals surface area contributed by atoms with E-state index in [2.05, 4.69) is 64.2 Å². The average molecular weight is 275 g/mol. The van der Waals surface area contributed by atoms with Crippen LogP contribution in [0.15, 0.2) is 0 Å². The molecule has 0 aliphatic heterocycles. The predicted octanol–water partition coefficient (Wildman–Crippen LogP) is 1.49. The van der Waals surface area contributed by atoms with Crippen LogP contribution in [0.2, 0.25) is 0 Å². The van der Waals surface area contributed by atoms with Gasteiger partial charge in [0.2, 0.25) is 12.3 Å². The van der Waals surface area contributed by atoms with Crippen molar-refractivity contribution in [3.8, 4) is 0 Å². The second-order valence-corrected chi connectivity index (χ2v) is 4.83. The number of amides is 2. The minimum atomic E-state index is -0.197. The Morgan fingerprint density at radius 1 is 1.21 bits per heavy atom.